The van der Waals surface area contributed by atoms with E-state index in [0.29, 0.717) is 17.7 Å². The van der Waals surface area contributed by atoms with Crippen LogP contribution in [0.25, 0.3) is 0 Å². The predicted molar refractivity (Wildman–Crippen MR) is 68.4 cm³/mol. The zero-order valence-electron chi connectivity index (χ0n) is 11.0. The summed E-state index contributed by atoms with van der Waals surface area (Å²) in [6, 6.07) is 3.45. The Kier molecular flexibility index (Phi) is 4.81. The minimum Gasteiger partial charge on any atom is -0.394 e. The minimum atomic E-state index is -0.978. The first kappa shape index (κ1) is 14.6. The molecular formula is C13H20N2O3. The van der Waals surface area contributed by atoms with Gasteiger partial charge in [-0.3, -0.25) is 9.78 Å². The lowest BCUT2D eigenvalue weighted by atomic mass is 9.97. The summed E-state index contributed by atoms with van der Waals surface area (Å²) < 4.78 is 0. The Bertz CT molecular complexity index is 420. The lowest BCUT2D eigenvalue weighted by Gasteiger charge is -2.29. The first-order valence-corrected chi connectivity index (χ1v) is 5.96. The summed E-state index contributed by atoms with van der Waals surface area (Å²) in [7, 11) is 0. The molecule has 3 N–H and O–H groups in total. The number of aryl methyl sites for hydroxylation is 2. The number of rotatable bonds is 5. The zero-order valence-corrected chi connectivity index (χ0v) is 11.0. The highest BCUT2D eigenvalue weighted by Crippen LogP contribution is 2.12. The molecule has 18 heavy (non-hydrogen) atoms. The van der Waals surface area contributed by atoms with Crippen molar-refractivity contribution in [2.24, 2.45) is 0 Å². The molecule has 0 aliphatic carbocycles. The van der Waals surface area contributed by atoms with Gasteiger partial charge in [0.1, 0.15) is 0 Å². The second kappa shape index (κ2) is 5.93. The summed E-state index contributed by atoms with van der Waals surface area (Å²) in [6.45, 7) is 4.81. The van der Waals surface area contributed by atoms with E-state index in [9.17, 15) is 15.0 Å². The molecule has 5 heteroatoms. The van der Waals surface area contributed by atoms with Crippen LogP contribution in [0.3, 0.4) is 0 Å². The van der Waals surface area contributed by atoms with Gasteiger partial charge in [0, 0.05) is 5.69 Å². The van der Waals surface area contributed by atoms with Crippen molar-refractivity contribution in [2.75, 3.05) is 13.2 Å². The first-order chi connectivity index (χ1) is 8.48. The van der Waals surface area contributed by atoms with E-state index in [1.165, 1.54) is 0 Å². The number of hydrogen-bond acceptors (Lipinski definition) is 4. The van der Waals surface area contributed by atoms with E-state index in [4.69, 9.17) is 0 Å². The Morgan fingerprint density at radius 2 is 1.94 bits per heavy atom. The van der Waals surface area contributed by atoms with Crippen LogP contribution >= 0.6 is 0 Å². The molecule has 0 aliphatic rings. The Morgan fingerprint density at radius 3 is 2.39 bits per heavy atom. The van der Waals surface area contributed by atoms with Crippen molar-refractivity contribution < 1.29 is 15.0 Å². The number of aromatic nitrogens is 1. The largest absolute Gasteiger partial charge is 0.394 e. The monoisotopic (exact) mass is 252 g/mol. The number of carbonyl (C=O) groups is 1. The van der Waals surface area contributed by atoms with Crippen LogP contribution in [-0.4, -0.2) is 39.9 Å². The molecule has 1 aromatic rings. The van der Waals surface area contributed by atoms with E-state index in [0.717, 1.165) is 5.69 Å². The van der Waals surface area contributed by atoms with Gasteiger partial charge in [-0.1, -0.05) is 6.92 Å². The standard InChI is InChI=1S/C13H20N2O3/c1-4-13(7-16,8-17)15-12(18)11-6-5-9(2)14-10(11)3/h5-6,16-17H,4,7-8H2,1-3H3,(H,15,18). The number of nitrogens with zero attached hydrogens (tertiary/aromatic N) is 1. The van der Waals surface area contributed by atoms with Gasteiger partial charge in [-0.25, -0.2) is 0 Å². The Morgan fingerprint density at radius 1 is 1.33 bits per heavy atom. The molecule has 0 saturated carbocycles. The van der Waals surface area contributed by atoms with E-state index in [2.05, 4.69) is 10.3 Å². The molecule has 1 heterocycles. The Labute approximate surface area is 107 Å². The van der Waals surface area contributed by atoms with E-state index >= 15 is 0 Å². The third-order valence-electron chi connectivity index (χ3n) is 3.13. The molecular weight excluding hydrogens is 232 g/mol. The van der Waals surface area contributed by atoms with E-state index in [1.54, 1.807) is 26.0 Å². The molecule has 1 rings (SSSR count). The second-order valence-electron chi connectivity index (χ2n) is 4.49. The molecule has 0 aliphatic heterocycles. The zero-order chi connectivity index (χ0) is 13.8. The number of carbonyl (C=O) groups excluding carboxylic acids is 1. The van der Waals surface area contributed by atoms with Gasteiger partial charge in [-0.2, -0.15) is 0 Å². The fraction of sp³-hybridized carbons (Fsp3) is 0.538. The second-order valence-corrected chi connectivity index (χ2v) is 4.49. The van der Waals surface area contributed by atoms with Crippen LogP contribution in [0.4, 0.5) is 0 Å². The maximum atomic E-state index is 12.1. The van der Waals surface area contributed by atoms with Crippen molar-refractivity contribution in [3.8, 4) is 0 Å². The molecule has 0 bridgehead atoms. The number of nitrogens with one attached hydrogen (secondary N) is 1. The molecule has 0 radical (unpaired) electrons. The molecule has 5 nitrogen and oxygen atoms in total. The van der Waals surface area contributed by atoms with Crippen LogP contribution in [-0.2, 0) is 0 Å². The van der Waals surface area contributed by atoms with Gasteiger partial charge < -0.3 is 15.5 Å². The summed E-state index contributed by atoms with van der Waals surface area (Å²) in [6.07, 6.45) is 0.448. The number of pyridine rings is 1. The van der Waals surface area contributed by atoms with Gasteiger partial charge in [0.25, 0.3) is 5.91 Å². The highest BCUT2D eigenvalue weighted by molar-refractivity contribution is 5.95. The molecule has 1 amide bonds. The smallest absolute Gasteiger partial charge is 0.253 e. The van der Waals surface area contributed by atoms with E-state index in [1.807, 2.05) is 6.92 Å². The fourth-order valence-corrected chi connectivity index (χ4v) is 1.68. The van der Waals surface area contributed by atoms with Crippen LogP contribution in [0.5, 0.6) is 0 Å². The van der Waals surface area contributed by atoms with Gasteiger partial charge >= 0.3 is 0 Å². The molecule has 100 valence electrons. The molecule has 0 unspecified atom stereocenters. The lowest BCUT2D eigenvalue weighted by Crippen LogP contribution is -2.53. The number of aliphatic hydroxyl groups is 2. The van der Waals surface area contributed by atoms with Crippen LogP contribution in [0, 0.1) is 13.8 Å². The Balaban J connectivity index is 2.94. The van der Waals surface area contributed by atoms with Crippen molar-refractivity contribution in [1.82, 2.24) is 10.3 Å². The van der Waals surface area contributed by atoms with Crippen molar-refractivity contribution in [3.63, 3.8) is 0 Å². The number of amides is 1. The van der Waals surface area contributed by atoms with Crippen molar-refractivity contribution in [3.05, 3.63) is 29.1 Å². The normalized spacial score (nSPS) is 11.4. The molecule has 0 atom stereocenters. The maximum absolute atomic E-state index is 12.1. The summed E-state index contributed by atoms with van der Waals surface area (Å²) >= 11 is 0. The molecule has 0 aromatic carbocycles. The molecule has 0 saturated heterocycles. The van der Waals surface area contributed by atoms with Gasteiger partial charge in [0.15, 0.2) is 0 Å². The summed E-state index contributed by atoms with van der Waals surface area (Å²) in [5, 5.41) is 21.3. The van der Waals surface area contributed by atoms with Gasteiger partial charge in [0.05, 0.1) is 30.0 Å². The number of hydrogen-bond donors (Lipinski definition) is 3. The summed E-state index contributed by atoms with van der Waals surface area (Å²) in [4.78, 5) is 16.3. The predicted octanol–water partition coefficient (Wildman–Crippen LogP) is 0.562. The van der Waals surface area contributed by atoms with Crippen LogP contribution in [0.1, 0.15) is 35.1 Å². The van der Waals surface area contributed by atoms with Crippen LogP contribution in [0.2, 0.25) is 0 Å². The van der Waals surface area contributed by atoms with Gasteiger partial charge in [-0.15, -0.1) is 0 Å². The fourth-order valence-electron chi connectivity index (χ4n) is 1.68. The van der Waals surface area contributed by atoms with Gasteiger partial charge in [0.2, 0.25) is 0 Å². The topological polar surface area (TPSA) is 82.5 Å². The van der Waals surface area contributed by atoms with Crippen molar-refractivity contribution in [1.29, 1.82) is 0 Å². The lowest BCUT2D eigenvalue weighted by molar-refractivity contribution is 0.0652. The third kappa shape index (κ3) is 3.05. The summed E-state index contributed by atoms with van der Waals surface area (Å²) in [5.74, 6) is -0.329. The van der Waals surface area contributed by atoms with E-state index in [-0.39, 0.29) is 19.1 Å². The third-order valence-corrected chi connectivity index (χ3v) is 3.13. The Hall–Kier alpha value is -1.46. The average Bonchev–Trinajstić information content (AvgIpc) is 2.36. The number of aliphatic hydroxyl groups excluding tert-OH is 2. The molecule has 0 spiro atoms. The highest BCUT2D eigenvalue weighted by atomic mass is 16.3. The summed E-state index contributed by atoms with van der Waals surface area (Å²) in [5.41, 5.74) is 0.956. The molecule has 0 fully saturated rings. The molecule has 1 aromatic heterocycles. The first-order valence-electron chi connectivity index (χ1n) is 5.96. The van der Waals surface area contributed by atoms with Crippen LogP contribution < -0.4 is 5.32 Å². The van der Waals surface area contributed by atoms with Gasteiger partial charge in [-0.05, 0) is 32.4 Å². The average molecular weight is 252 g/mol. The van der Waals surface area contributed by atoms with E-state index < -0.39 is 5.54 Å². The SMILES string of the molecule is CCC(CO)(CO)NC(=O)c1ccc(C)nc1C. The van der Waals surface area contributed by atoms with Crippen LogP contribution in [0.15, 0.2) is 12.1 Å². The minimum absolute atomic E-state index is 0.302. The highest BCUT2D eigenvalue weighted by Gasteiger charge is 2.29. The van der Waals surface area contributed by atoms with Crippen molar-refractivity contribution in [2.45, 2.75) is 32.7 Å². The quantitative estimate of drug-likeness (QED) is 0.715. The maximum Gasteiger partial charge on any atom is 0.253 e. The van der Waals surface area contributed by atoms with Crippen molar-refractivity contribution >= 4 is 5.91 Å².